The molecule has 33 heavy (non-hydrogen) atoms. The van der Waals surface area contributed by atoms with Crippen molar-refractivity contribution in [2.75, 3.05) is 40.4 Å². The molecule has 172 valence electrons. The molecule has 2 aromatic carbocycles. The summed E-state index contributed by atoms with van der Waals surface area (Å²) in [6.45, 7) is 4.80. The number of benzene rings is 2. The molecule has 0 spiro atoms. The SMILES string of the molecule is COc1ccc(C=CC(=O)N2CCN(C(C)c3nc(-c4ccccc4)no3)CC2)cc1OC. The van der Waals surface area contributed by atoms with E-state index in [1.807, 2.05) is 53.4 Å². The van der Waals surface area contributed by atoms with E-state index in [1.54, 1.807) is 26.4 Å². The van der Waals surface area contributed by atoms with E-state index in [0.717, 1.165) is 24.2 Å². The molecule has 1 fully saturated rings. The zero-order chi connectivity index (χ0) is 23.2. The highest BCUT2D eigenvalue weighted by Crippen LogP contribution is 2.28. The lowest BCUT2D eigenvalue weighted by Gasteiger charge is -2.36. The molecule has 2 heterocycles. The van der Waals surface area contributed by atoms with Crippen molar-refractivity contribution in [3.05, 3.63) is 66.1 Å². The van der Waals surface area contributed by atoms with Crippen molar-refractivity contribution in [2.45, 2.75) is 13.0 Å². The highest BCUT2D eigenvalue weighted by Gasteiger charge is 2.27. The fraction of sp³-hybridized carbons (Fsp3) is 0.320. The second-order valence-electron chi connectivity index (χ2n) is 7.81. The van der Waals surface area contributed by atoms with Crippen LogP contribution < -0.4 is 9.47 Å². The van der Waals surface area contributed by atoms with Crippen molar-refractivity contribution in [3.8, 4) is 22.9 Å². The van der Waals surface area contributed by atoms with Gasteiger partial charge in [0.1, 0.15) is 0 Å². The maximum absolute atomic E-state index is 12.7. The zero-order valence-electron chi connectivity index (χ0n) is 19.1. The van der Waals surface area contributed by atoms with Gasteiger partial charge in [0, 0.05) is 37.8 Å². The van der Waals surface area contributed by atoms with E-state index in [0.29, 0.717) is 36.3 Å². The fourth-order valence-corrected chi connectivity index (χ4v) is 3.82. The first-order valence-corrected chi connectivity index (χ1v) is 10.9. The van der Waals surface area contributed by atoms with Gasteiger partial charge in [0.2, 0.25) is 17.6 Å². The fourth-order valence-electron chi connectivity index (χ4n) is 3.82. The van der Waals surface area contributed by atoms with Gasteiger partial charge in [-0.15, -0.1) is 0 Å². The van der Waals surface area contributed by atoms with Gasteiger partial charge in [-0.2, -0.15) is 4.98 Å². The molecule has 8 heteroatoms. The minimum atomic E-state index is -0.0190. The Balaban J connectivity index is 1.32. The van der Waals surface area contributed by atoms with E-state index < -0.39 is 0 Å². The van der Waals surface area contributed by atoms with Crippen LogP contribution in [0.2, 0.25) is 0 Å². The van der Waals surface area contributed by atoms with Crippen LogP contribution in [0.15, 0.2) is 59.1 Å². The van der Waals surface area contributed by atoms with Crippen LogP contribution in [-0.4, -0.2) is 66.2 Å². The van der Waals surface area contributed by atoms with Crippen LogP contribution in [0.25, 0.3) is 17.5 Å². The van der Waals surface area contributed by atoms with Crippen molar-refractivity contribution in [3.63, 3.8) is 0 Å². The van der Waals surface area contributed by atoms with Crippen molar-refractivity contribution in [2.24, 2.45) is 0 Å². The average molecular weight is 449 g/mol. The van der Waals surface area contributed by atoms with Gasteiger partial charge >= 0.3 is 0 Å². The molecule has 0 aliphatic carbocycles. The zero-order valence-corrected chi connectivity index (χ0v) is 19.1. The Hall–Kier alpha value is -3.65. The molecule has 0 N–H and O–H groups in total. The topological polar surface area (TPSA) is 80.9 Å². The molecule has 4 rings (SSSR count). The number of aromatic nitrogens is 2. The number of carbonyl (C=O) groups excluding carboxylic acids is 1. The minimum Gasteiger partial charge on any atom is -0.493 e. The Labute approximate surface area is 193 Å². The van der Waals surface area contributed by atoms with Crippen molar-refractivity contribution < 1.29 is 18.8 Å². The van der Waals surface area contributed by atoms with Crippen LogP contribution >= 0.6 is 0 Å². The summed E-state index contributed by atoms with van der Waals surface area (Å²) in [5.74, 6) is 2.45. The summed E-state index contributed by atoms with van der Waals surface area (Å²) in [4.78, 5) is 21.4. The van der Waals surface area contributed by atoms with Gasteiger partial charge in [0.05, 0.1) is 20.3 Å². The molecule has 1 amide bonds. The number of hydrogen-bond donors (Lipinski definition) is 0. The van der Waals surface area contributed by atoms with E-state index in [1.165, 1.54) is 0 Å². The summed E-state index contributed by atoms with van der Waals surface area (Å²) >= 11 is 0. The van der Waals surface area contributed by atoms with E-state index in [-0.39, 0.29) is 11.9 Å². The average Bonchev–Trinajstić information content (AvgIpc) is 3.37. The summed E-state index contributed by atoms with van der Waals surface area (Å²) in [7, 11) is 3.19. The second-order valence-corrected chi connectivity index (χ2v) is 7.81. The largest absolute Gasteiger partial charge is 0.493 e. The third-order valence-corrected chi connectivity index (χ3v) is 5.83. The van der Waals surface area contributed by atoms with E-state index in [2.05, 4.69) is 22.0 Å². The van der Waals surface area contributed by atoms with Crippen LogP contribution in [0.4, 0.5) is 0 Å². The van der Waals surface area contributed by atoms with Crippen molar-refractivity contribution in [1.29, 1.82) is 0 Å². The number of hydrogen-bond acceptors (Lipinski definition) is 7. The minimum absolute atomic E-state index is 0.0127. The number of nitrogens with zero attached hydrogens (tertiary/aromatic N) is 4. The predicted octanol–water partition coefficient (Wildman–Crippen LogP) is 3.67. The Morgan fingerprint density at radius 2 is 1.76 bits per heavy atom. The van der Waals surface area contributed by atoms with Gasteiger partial charge in [-0.25, -0.2) is 0 Å². The Morgan fingerprint density at radius 1 is 1.03 bits per heavy atom. The molecular formula is C25H28N4O4. The first kappa shape index (κ1) is 22.5. The maximum Gasteiger partial charge on any atom is 0.246 e. The molecule has 1 aromatic heterocycles. The lowest BCUT2D eigenvalue weighted by Crippen LogP contribution is -2.48. The highest BCUT2D eigenvalue weighted by molar-refractivity contribution is 5.92. The van der Waals surface area contributed by atoms with Crippen LogP contribution in [0.1, 0.15) is 24.4 Å². The van der Waals surface area contributed by atoms with Gasteiger partial charge in [-0.05, 0) is 30.7 Å². The lowest BCUT2D eigenvalue weighted by atomic mass is 10.1. The van der Waals surface area contributed by atoms with E-state index >= 15 is 0 Å². The Bertz CT molecular complexity index is 1100. The third-order valence-electron chi connectivity index (χ3n) is 5.83. The Morgan fingerprint density at radius 3 is 2.45 bits per heavy atom. The van der Waals surface area contributed by atoms with E-state index in [9.17, 15) is 4.79 Å². The number of carbonyl (C=O) groups is 1. The second kappa shape index (κ2) is 10.3. The number of amides is 1. The van der Waals surface area contributed by atoms with Crippen molar-refractivity contribution in [1.82, 2.24) is 19.9 Å². The first-order valence-electron chi connectivity index (χ1n) is 10.9. The predicted molar refractivity (Wildman–Crippen MR) is 125 cm³/mol. The quantitative estimate of drug-likeness (QED) is 0.510. The molecule has 1 aliphatic heterocycles. The maximum atomic E-state index is 12.7. The first-order chi connectivity index (χ1) is 16.1. The molecule has 0 radical (unpaired) electrons. The molecule has 0 bridgehead atoms. The van der Waals surface area contributed by atoms with Crippen LogP contribution in [0, 0.1) is 0 Å². The van der Waals surface area contributed by atoms with Gasteiger partial charge in [-0.1, -0.05) is 41.6 Å². The van der Waals surface area contributed by atoms with Gasteiger partial charge in [0.15, 0.2) is 11.5 Å². The Kier molecular flexibility index (Phi) is 7.04. The molecule has 0 saturated carbocycles. The number of ether oxygens (including phenoxy) is 2. The van der Waals surface area contributed by atoms with Crippen molar-refractivity contribution >= 4 is 12.0 Å². The smallest absolute Gasteiger partial charge is 0.246 e. The standard InChI is InChI=1S/C25H28N4O4/c1-18(25-26-24(27-33-25)20-7-5-4-6-8-20)28-13-15-29(16-14-28)23(30)12-10-19-9-11-21(31-2)22(17-19)32-3/h4-12,17-18H,13-16H2,1-3H3. The number of piperazine rings is 1. The lowest BCUT2D eigenvalue weighted by molar-refractivity contribution is -0.128. The van der Waals surface area contributed by atoms with Gasteiger partial charge < -0.3 is 18.9 Å². The molecular weight excluding hydrogens is 420 g/mol. The van der Waals surface area contributed by atoms with Crippen LogP contribution in [-0.2, 0) is 4.79 Å². The number of rotatable bonds is 7. The summed E-state index contributed by atoms with van der Waals surface area (Å²) < 4.78 is 16.1. The third kappa shape index (κ3) is 5.23. The highest BCUT2D eigenvalue weighted by atomic mass is 16.5. The summed E-state index contributed by atoms with van der Waals surface area (Å²) in [6, 6.07) is 15.3. The van der Waals surface area contributed by atoms with Gasteiger partial charge in [-0.3, -0.25) is 9.69 Å². The molecule has 1 aliphatic rings. The van der Waals surface area contributed by atoms with Crippen LogP contribution in [0.3, 0.4) is 0 Å². The summed E-state index contributed by atoms with van der Waals surface area (Å²) in [6.07, 6.45) is 3.40. The number of methoxy groups -OCH3 is 2. The molecule has 1 atom stereocenters. The molecule has 3 aromatic rings. The van der Waals surface area contributed by atoms with Gasteiger partial charge in [0.25, 0.3) is 0 Å². The van der Waals surface area contributed by atoms with E-state index in [4.69, 9.17) is 14.0 Å². The normalized spacial score (nSPS) is 15.5. The summed E-state index contributed by atoms with van der Waals surface area (Å²) in [5, 5.41) is 4.12. The summed E-state index contributed by atoms with van der Waals surface area (Å²) in [5.41, 5.74) is 1.80. The molecule has 1 saturated heterocycles. The monoisotopic (exact) mass is 448 g/mol. The molecule has 1 unspecified atom stereocenters. The molecule has 8 nitrogen and oxygen atoms in total. The van der Waals surface area contributed by atoms with Crippen LogP contribution in [0.5, 0.6) is 11.5 Å².